The molecule has 0 saturated carbocycles. The van der Waals surface area contributed by atoms with Gasteiger partial charge < -0.3 is 10.3 Å². The average molecular weight is 263 g/mol. The van der Waals surface area contributed by atoms with Crippen LogP contribution in [0.15, 0.2) is 12.3 Å². The van der Waals surface area contributed by atoms with Crippen molar-refractivity contribution in [1.82, 2.24) is 10.3 Å². The fraction of sp³-hybridized carbons (Fsp3) is 0.571. The third-order valence-corrected chi connectivity index (χ3v) is 3.43. The van der Waals surface area contributed by atoms with Crippen LogP contribution < -0.4 is 10.2 Å². The maximum atomic E-state index is 12.2. The number of amides is 2. The SMILES string of the molecule is CCCCCCCC(=O)N1CNC(=O)c2cc[nH]c21. The van der Waals surface area contributed by atoms with E-state index in [-0.39, 0.29) is 18.5 Å². The summed E-state index contributed by atoms with van der Waals surface area (Å²) in [6, 6.07) is 1.70. The van der Waals surface area contributed by atoms with Crippen LogP contribution in [-0.4, -0.2) is 23.5 Å². The molecule has 104 valence electrons. The summed E-state index contributed by atoms with van der Waals surface area (Å²) in [5.74, 6) is 0.575. The van der Waals surface area contributed by atoms with Crippen molar-refractivity contribution in [1.29, 1.82) is 0 Å². The van der Waals surface area contributed by atoms with Crippen LogP contribution in [0, 0.1) is 0 Å². The molecule has 0 atom stereocenters. The molecule has 0 bridgehead atoms. The number of rotatable bonds is 6. The molecule has 2 N–H and O–H groups in total. The number of carbonyl (C=O) groups excluding carboxylic acids is 2. The van der Waals surface area contributed by atoms with E-state index >= 15 is 0 Å². The summed E-state index contributed by atoms with van der Waals surface area (Å²) < 4.78 is 0. The Morgan fingerprint density at radius 2 is 2.11 bits per heavy atom. The third-order valence-electron chi connectivity index (χ3n) is 3.43. The Morgan fingerprint density at radius 1 is 1.32 bits per heavy atom. The van der Waals surface area contributed by atoms with Gasteiger partial charge in [-0.1, -0.05) is 32.6 Å². The smallest absolute Gasteiger partial charge is 0.256 e. The summed E-state index contributed by atoms with van der Waals surface area (Å²) in [7, 11) is 0. The highest BCUT2D eigenvalue weighted by Crippen LogP contribution is 2.22. The van der Waals surface area contributed by atoms with Crippen molar-refractivity contribution in [3.05, 3.63) is 17.8 Å². The monoisotopic (exact) mass is 263 g/mol. The van der Waals surface area contributed by atoms with Gasteiger partial charge in [-0.05, 0) is 12.5 Å². The molecule has 2 heterocycles. The highest BCUT2D eigenvalue weighted by Gasteiger charge is 2.27. The minimum atomic E-state index is -0.122. The minimum Gasteiger partial charge on any atom is -0.347 e. The van der Waals surface area contributed by atoms with Gasteiger partial charge in [-0.15, -0.1) is 0 Å². The summed E-state index contributed by atoms with van der Waals surface area (Å²) >= 11 is 0. The Balaban J connectivity index is 1.87. The molecule has 2 amide bonds. The molecule has 2 rings (SSSR count). The van der Waals surface area contributed by atoms with Crippen LogP contribution in [0.5, 0.6) is 0 Å². The van der Waals surface area contributed by atoms with Crippen molar-refractivity contribution in [3.8, 4) is 0 Å². The predicted molar refractivity (Wildman–Crippen MR) is 74.0 cm³/mol. The standard InChI is InChI=1S/C14H21N3O2/c1-2-3-4-5-6-7-12(18)17-10-16-14(19)11-8-9-15-13(11)17/h8-9,15H,2-7,10H2,1H3,(H,16,19). The molecular formula is C14H21N3O2. The molecule has 0 radical (unpaired) electrons. The van der Waals surface area contributed by atoms with Gasteiger partial charge in [-0.2, -0.15) is 0 Å². The van der Waals surface area contributed by atoms with Gasteiger partial charge in [0.15, 0.2) is 0 Å². The zero-order valence-electron chi connectivity index (χ0n) is 11.4. The maximum absolute atomic E-state index is 12.2. The normalized spacial score (nSPS) is 14.2. The van der Waals surface area contributed by atoms with E-state index in [1.807, 2.05) is 0 Å². The van der Waals surface area contributed by atoms with E-state index in [1.54, 1.807) is 17.2 Å². The molecule has 1 aliphatic rings. The van der Waals surface area contributed by atoms with Crippen LogP contribution in [-0.2, 0) is 4.79 Å². The van der Waals surface area contributed by atoms with Gasteiger partial charge in [-0.3, -0.25) is 14.5 Å². The van der Waals surface area contributed by atoms with Crippen molar-refractivity contribution >= 4 is 17.6 Å². The third kappa shape index (κ3) is 3.16. The fourth-order valence-corrected chi connectivity index (χ4v) is 2.32. The second kappa shape index (κ2) is 6.41. The number of aromatic amines is 1. The molecule has 0 aliphatic carbocycles. The predicted octanol–water partition coefficient (Wildman–Crippen LogP) is 2.41. The first-order valence-corrected chi connectivity index (χ1v) is 7.00. The van der Waals surface area contributed by atoms with Gasteiger partial charge >= 0.3 is 0 Å². The number of nitrogens with one attached hydrogen (secondary N) is 2. The number of anilines is 1. The number of aromatic nitrogens is 1. The molecule has 1 aromatic heterocycles. The van der Waals surface area contributed by atoms with Gasteiger partial charge in [0.05, 0.1) is 12.2 Å². The molecule has 1 aromatic rings. The van der Waals surface area contributed by atoms with Crippen molar-refractivity contribution in [2.75, 3.05) is 11.6 Å². The fourth-order valence-electron chi connectivity index (χ4n) is 2.32. The van der Waals surface area contributed by atoms with Crippen LogP contribution >= 0.6 is 0 Å². The topological polar surface area (TPSA) is 65.2 Å². The number of nitrogens with zero attached hydrogens (tertiary/aromatic N) is 1. The first kappa shape index (κ1) is 13.6. The van der Waals surface area contributed by atoms with Crippen molar-refractivity contribution < 1.29 is 9.59 Å². The number of H-pyrrole nitrogens is 1. The van der Waals surface area contributed by atoms with Gasteiger partial charge in [0.25, 0.3) is 5.91 Å². The summed E-state index contributed by atoms with van der Waals surface area (Å²) in [5, 5.41) is 2.71. The highest BCUT2D eigenvalue weighted by molar-refractivity contribution is 6.06. The largest absolute Gasteiger partial charge is 0.347 e. The summed E-state index contributed by atoms with van der Waals surface area (Å²) in [6.07, 6.45) is 7.87. The molecule has 19 heavy (non-hydrogen) atoms. The van der Waals surface area contributed by atoms with E-state index in [2.05, 4.69) is 17.2 Å². The lowest BCUT2D eigenvalue weighted by molar-refractivity contribution is -0.118. The molecule has 0 aromatic carbocycles. The first-order chi connectivity index (χ1) is 9.24. The number of hydrogen-bond acceptors (Lipinski definition) is 2. The number of unbranched alkanes of at least 4 members (excludes halogenated alkanes) is 4. The van der Waals surface area contributed by atoms with Crippen LogP contribution in [0.4, 0.5) is 5.82 Å². The quantitative estimate of drug-likeness (QED) is 0.774. The molecular weight excluding hydrogens is 242 g/mol. The van der Waals surface area contributed by atoms with E-state index in [0.29, 0.717) is 17.8 Å². The average Bonchev–Trinajstić information content (AvgIpc) is 2.89. The Bertz CT molecular complexity index is 453. The maximum Gasteiger partial charge on any atom is 0.256 e. The lowest BCUT2D eigenvalue weighted by Crippen LogP contribution is -2.46. The summed E-state index contributed by atoms with van der Waals surface area (Å²) in [6.45, 7) is 2.44. The van der Waals surface area contributed by atoms with Gasteiger partial charge in [0.1, 0.15) is 5.82 Å². The molecule has 0 spiro atoms. The molecule has 1 aliphatic heterocycles. The van der Waals surface area contributed by atoms with E-state index in [1.165, 1.54) is 19.3 Å². The molecule has 5 heteroatoms. The van der Waals surface area contributed by atoms with Gasteiger partial charge in [0.2, 0.25) is 5.91 Å². The van der Waals surface area contributed by atoms with Gasteiger partial charge in [0, 0.05) is 12.6 Å². The minimum absolute atomic E-state index is 0.0696. The number of carbonyl (C=O) groups is 2. The lowest BCUT2D eigenvalue weighted by Gasteiger charge is -2.27. The van der Waals surface area contributed by atoms with Crippen molar-refractivity contribution in [2.24, 2.45) is 0 Å². The van der Waals surface area contributed by atoms with Crippen LogP contribution in [0.2, 0.25) is 0 Å². The zero-order valence-corrected chi connectivity index (χ0v) is 11.4. The van der Waals surface area contributed by atoms with Crippen LogP contribution in [0.1, 0.15) is 55.8 Å². The highest BCUT2D eigenvalue weighted by atomic mass is 16.2. The molecule has 0 unspecified atom stereocenters. The van der Waals surface area contributed by atoms with Crippen LogP contribution in [0.3, 0.4) is 0 Å². The van der Waals surface area contributed by atoms with E-state index in [9.17, 15) is 9.59 Å². The Hall–Kier alpha value is -1.78. The Morgan fingerprint density at radius 3 is 2.89 bits per heavy atom. The second-order valence-corrected chi connectivity index (χ2v) is 4.89. The van der Waals surface area contributed by atoms with Gasteiger partial charge in [-0.25, -0.2) is 0 Å². The Kier molecular flexibility index (Phi) is 4.60. The second-order valence-electron chi connectivity index (χ2n) is 4.89. The van der Waals surface area contributed by atoms with E-state index in [4.69, 9.17) is 0 Å². The number of hydrogen-bond donors (Lipinski definition) is 2. The van der Waals surface area contributed by atoms with Crippen molar-refractivity contribution in [3.63, 3.8) is 0 Å². The summed E-state index contributed by atoms with van der Waals surface area (Å²) in [4.78, 5) is 28.3. The Labute approximate surface area is 113 Å². The molecule has 5 nitrogen and oxygen atoms in total. The van der Waals surface area contributed by atoms with E-state index < -0.39 is 0 Å². The zero-order chi connectivity index (χ0) is 13.7. The molecule has 0 saturated heterocycles. The van der Waals surface area contributed by atoms with E-state index in [0.717, 1.165) is 12.8 Å². The van der Waals surface area contributed by atoms with Crippen LogP contribution in [0.25, 0.3) is 0 Å². The number of fused-ring (bicyclic) bond motifs is 1. The molecule has 0 fully saturated rings. The lowest BCUT2D eigenvalue weighted by atomic mass is 10.1. The van der Waals surface area contributed by atoms with Crippen molar-refractivity contribution in [2.45, 2.75) is 45.4 Å². The summed E-state index contributed by atoms with van der Waals surface area (Å²) in [5.41, 5.74) is 0.547. The first-order valence-electron chi connectivity index (χ1n) is 7.00.